The van der Waals surface area contributed by atoms with Gasteiger partial charge in [-0.15, -0.1) is 0 Å². The molecule has 0 spiro atoms. The summed E-state index contributed by atoms with van der Waals surface area (Å²) in [6, 6.07) is 6.11. The van der Waals surface area contributed by atoms with Gasteiger partial charge in [-0.05, 0) is 31.0 Å². The second-order valence-electron chi connectivity index (χ2n) is 6.13. The van der Waals surface area contributed by atoms with E-state index in [2.05, 4.69) is 14.7 Å². The van der Waals surface area contributed by atoms with Crippen molar-refractivity contribution in [3.8, 4) is 0 Å². The van der Waals surface area contributed by atoms with Crippen LogP contribution in [0.2, 0.25) is 0 Å². The van der Waals surface area contributed by atoms with Crippen LogP contribution in [0, 0.1) is 0 Å². The van der Waals surface area contributed by atoms with Crippen LogP contribution in [0.5, 0.6) is 0 Å². The maximum atomic E-state index is 12.6. The van der Waals surface area contributed by atoms with Crippen molar-refractivity contribution >= 4 is 15.9 Å². The second kappa shape index (κ2) is 7.28. The molecule has 0 aliphatic heterocycles. The fraction of sp³-hybridized carbons (Fsp3) is 0.353. The number of nitrogens with one attached hydrogen (secondary N) is 1. The Kier molecular flexibility index (Phi) is 5.10. The van der Waals surface area contributed by atoms with Gasteiger partial charge in [-0.25, -0.2) is 13.1 Å². The van der Waals surface area contributed by atoms with Crippen molar-refractivity contribution in [1.82, 2.24) is 19.6 Å². The number of nitrogens with zero attached hydrogens (tertiary/aromatic N) is 3. The molecule has 7 nitrogen and oxygen atoms in total. The van der Waals surface area contributed by atoms with E-state index in [1.54, 1.807) is 37.8 Å². The molecule has 0 saturated heterocycles. The van der Waals surface area contributed by atoms with Crippen molar-refractivity contribution in [2.24, 2.45) is 0 Å². The summed E-state index contributed by atoms with van der Waals surface area (Å²) in [5.41, 5.74) is 0.983. The summed E-state index contributed by atoms with van der Waals surface area (Å²) in [5.74, 6) is -0.272. The van der Waals surface area contributed by atoms with Gasteiger partial charge in [0, 0.05) is 31.0 Å². The maximum absolute atomic E-state index is 12.6. The Hall–Kier alpha value is -2.32. The molecule has 1 N–H and O–H groups in total. The number of rotatable bonds is 6. The topological polar surface area (TPSA) is 92.3 Å². The molecule has 0 bridgehead atoms. The van der Waals surface area contributed by atoms with Gasteiger partial charge in [-0.3, -0.25) is 14.8 Å². The number of carbonyl (C=O) groups excluding carboxylic acids is 1. The normalized spacial score (nSPS) is 14.8. The summed E-state index contributed by atoms with van der Waals surface area (Å²) < 4.78 is 27.5. The molecule has 1 heterocycles. The molecule has 1 aromatic carbocycles. The van der Waals surface area contributed by atoms with Gasteiger partial charge >= 0.3 is 0 Å². The number of amides is 1. The van der Waals surface area contributed by atoms with Crippen LogP contribution in [0.3, 0.4) is 0 Å². The highest BCUT2D eigenvalue weighted by Gasteiger charge is 2.25. The molecule has 1 aliphatic carbocycles. The van der Waals surface area contributed by atoms with E-state index in [9.17, 15) is 13.2 Å². The van der Waals surface area contributed by atoms with Crippen molar-refractivity contribution in [3.63, 3.8) is 0 Å². The van der Waals surface area contributed by atoms with Crippen molar-refractivity contribution in [1.29, 1.82) is 0 Å². The lowest BCUT2D eigenvalue weighted by molar-refractivity contribution is 0.0783. The van der Waals surface area contributed by atoms with Crippen LogP contribution in [0.25, 0.3) is 0 Å². The molecule has 0 unspecified atom stereocenters. The average Bonchev–Trinajstić information content (AvgIpc) is 2.58. The lowest BCUT2D eigenvalue weighted by Crippen LogP contribution is -2.39. The summed E-state index contributed by atoms with van der Waals surface area (Å²) in [6.07, 6.45) is 7.48. The predicted octanol–water partition coefficient (Wildman–Crippen LogP) is 1.58. The van der Waals surface area contributed by atoms with Crippen LogP contribution < -0.4 is 4.72 Å². The molecule has 1 amide bonds. The number of aromatic nitrogens is 2. The fourth-order valence-electron chi connectivity index (χ4n) is 2.56. The molecule has 8 heteroatoms. The van der Waals surface area contributed by atoms with Crippen LogP contribution in [0.15, 0.2) is 47.8 Å². The van der Waals surface area contributed by atoms with Gasteiger partial charge < -0.3 is 4.90 Å². The van der Waals surface area contributed by atoms with Gasteiger partial charge in [0.15, 0.2) is 0 Å². The van der Waals surface area contributed by atoms with Crippen LogP contribution in [-0.4, -0.2) is 42.3 Å². The minimum absolute atomic E-state index is 0.00341. The zero-order valence-electron chi connectivity index (χ0n) is 13.9. The first-order chi connectivity index (χ1) is 12.0. The molecular weight excluding hydrogens is 340 g/mol. The summed E-state index contributed by atoms with van der Waals surface area (Å²) in [7, 11) is -1.96. The van der Waals surface area contributed by atoms with E-state index in [0.29, 0.717) is 17.8 Å². The van der Waals surface area contributed by atoms with Crippen LogP contribution >= 0.6 is 0 Å². The first-order valence-corrected chi connectivity index (χ1v) is 9.57. The van der Waals surface area contributed by atoms with E-state index >= 15 is 0 Å². The molecule has 132 valence electrons. The van der Waals surface area contributed by atoms with Crippen molar-refractivity contribution in [3.05, 3.63) is 54.1 Å². The zero-order valence-corrected chi connectivity index (χ0v) is 14.7. The highest BCUT2D eigenvalue weighted by Crippen LogP contribution is 2.21. The number of hydrogen-bond donors (Lipinski definition) is 1. The molecule has 1 fully saturated rings. The quantitative estimate of drug-likeness (QED) is 0.844. The lowest BCUT2D eigenvalue weighted by Gasteiger charge is -2.26. The van der Waals surface area contributed by atoms with Gasteiger partial charge in [0.05, 0.1) is 23.3 Å². The van der Waals surface area contributed by atoms with Gasteiger partial charge in [0.2, 0.25) is 10.0 Å². The van der Waals surface area contributed by atoms with Gasteiger partial charge in [-0.1, -0.05) is 12.5 Å². The highest BCUT2D eigenvalue weighted by molar-refractivity contribution is 7.89. The van der Waals surface area contributed by atoms with E-state index < -0.39 is 10.0 Å². The third-order valence-corrected chi connectivity index (χ3v) is 5.70. The van der Waals surface area contributed by atoms with Crippen LogP contribution in [-0.2, 0) is 16.6 Å². The maximum Gasteiger partial charge on any atom is 0.253 e. The number of sulfonamides is 1. The number of hydrogen-bond acceptors (Lipinski definition) is 5. The smallest absolute Gasteiger partial charge is 0.253 e. The Labute approximate surface area is 147 Å². The SMILES string of the molecule is CN(Cc1cnccn1)C(=O)c1cccc(S(=O)(=O)NC2CCC2)c1. The van der Waals surface area contributed by atoms with E-state index in [1.165, 1.54) is 17.0 Å². The molecule has 1 aliphatic rings. The average molecular weight is 360 g/mol. The molecular formula is C17H20N4O3S. The second-order valence-corrected chi connectivity index (χ2v) is 7.85. The van der Waals surface area contributed by atoms with Crippen LogP contribution in [0.1, 0.15) is 35.3 Å². The van der Waals surface area contributed by atoms with E-state index in [0.717, 1.165) is 19.3 Å². The molecule has 2 aromatic rings. The zero-order chi connectivity index (χ0) is 17.9. The minimum Gasteiger partial charge on any atom is -0.336 e. The Morgan fingerprint density at radius 2 is 2.12 bits per heavy atom. The molecule has 1 aromatic heterocycles. The Bertz CT molecular complexity index is 851. The minimum atomic E-state index is -3.60. The van der Waals surface area contributed by atoms with E-state index in [1.807, 2.05) is 0 Å². The van der Waals surface area contributed by atoms with Crippen LogP contribution in [0.4, 0.5) is 0 Å². The molecule has 25 heavy (non-hydrogen) atoms. The highest BCUT2D eigenvalue weighted by atomic mass is 32.2. The summed E-state index contributed by atoms with van der Waals surface area (Å²) in [5, 5.41) is 0. The first kappa shape index (κ1) is 17.5. The summed E-state index contributed by atoms with van der Waals surface area (Å²) in [6.45, 7) is 0.296. The van der Waals surface area contributed by atoms with Gasteiger partial charge in [0.25, 0.3) is 5.91 Å². The van der Waals surface area contributed by atoms with E-state index in [-0.39, 0.29) is 16.8 Å². The predicted molar refractivity (Wildman–Crippen MR) is 92.2 cm³/mol. The largest absolute Gasteiger partial charge is 0.336 e. The van der Waals surface area contributed by atoms with E-state index in [4.69, 9.17) is 0 Å². The number of benzene rings is 1. The van der Waals surface area contributed by atoms with Gasteiger partial charge in [0.1, 0.15) is 0 Å². The molecule has 1 saturated carbocycles. The standard InChI is InChI=1S/C17H20N4O3S/c1-21(12-15-11-18-8-9-19-15)17(22)13-4-2-7-16(10-13)25(23,24)20-14-5-3-6-14/h2,4,7-11,14,20H,3,5-6,12H2,1H3. The Balaban J connectivity index is 1.74. The first-order valence-electron chi connectivity index (χ1n) is 8.08. The van der Waals surface area contributed by atoms with Crippen molar-refractivity contribution in [2.45, 2.75) is 36.7 Å². The Morgan fingerprint density at radius 3 is 2.76 bits per heavy atom. The molecule has 0 atom stereocenters. The van der Waals surface area contributed by atoms with Crippen molar-refractivity contribution in [2.75, 3.05) is 7.05 Å². The monoisotopic (exact) mass is 360 g/mol. The van der Waals surface area contributed by atoms with Crippen molar-refractivity contribution < 1.29 is 13.2 Å². The third-order valence-electron chi connectivity index (χ3n) is 4.18. The molecule has 0 radical (unpaired) electrons. The fourth-order valence-corrected chi connectivity index (χ4v) is 3.91. The lowest BCUT2D eigenvalue weighted by atomic mass is 9.94. The third kappa shape index (κ3) is 4.21. The Morgan fingerprint density at radius 1 is 1.32 bits per heavy atom. The number of carbonyl (C=O) groups is 1. The summed E-state index contributed by atoms with van der Waals surface area (Å²) >= 11 is 0. The van der Waals surface area contributed by atoms with Gasteiger partial charge in [-0.2, -0.15) is 0 Å². The molecule has 3 rings (SSSR count). The summed E-state index contributed by atoms with van der Waals surface area (Å²) in [4.78, 5) is 22.3.